The summed E-state index contributed by atoms with van der Waals surface area (Å²) in [5, 5.41) is 2.77. The molecule has 1 amide bonds. The number of halogens is 1. The van der Waals surface area contributed by atoms with Crippen LogP contribution < -0.4 is 10.9 Å². The van der Waals surface area contributed by atoms with E-state index < -0.39 is 0 Å². The monoisotopic (exact) mass is 300 g/mol. The van der Waals surface area contributed by atoms with Crippen LogP contribution in [0.15, 0.2) is 23.1 Å². The van der Waals surface area contributed by atoms with Gasteiger partial charge in [0.25, 0.3) is 5.56 Å². The minimum absolute atomic E-state index is 0.0456. The summed E-state index contributed by atoms with van der Waals surface area (Å²) in [5.41, 5.74) is 0.608. The smallest absolute Gasteiger partial charge is 0.250 e. The fourth-order valence-electron chi connectivity index (χ4n) is 1.43. The fourth-order valence-corrected chi connectivity index (χ4v) is 1.54. The van der Waals surface area contributed by atoms with Crippen LogP contribution in [0, 0.1) is 0 Å². The lowest BCUT2D eigenvalue weighted by molar-refractivity contribution is -0.115. The molecule has 0 bridgehead atoms. The Bertz CT molecular complexity index is 442. The van der Waals surface area contributed by atoms with Gasteiger partial charge in [-0.3, -0.25) is 9.59 Å². The highest BCUT2D eigenvalue weighted by Gasteiger charge is 2.12. The maximum absolute atomic E-state index is 11.7. The zero-order valence-electron chi connectivity index (χ0n) is 10.1. The first-order valence-electron chi connectivity index (χ1n) is 5.73. The third-order valence-corrected chi connectivity index (χ3v) is 3.42. The van der Waals surface area contributed by atoms with Crippen LogP contribution in [0.5, 0.6) is 0 Å². The van der Waals surface area contributed by atoms with Crippen LogP contribution in [-0.4, -0.2) is 15.3 Å². The molecule has 0 fully saturated rings. The van der Waals surface area contributed by atoms with Gasteiger partial charge in [0.15, 0.2) is 0 Å². The Kier molecular flexibility index (Phi) is 5.41. The summed E-state index contributed by atoms with van der Waals surface area (Å²) >= 11 is 3.28. The maximum Gasteiger partial charge on any atom is 0.250 e. The SMILES string of the molecule is CCCn1cc(NC(=O)C(Br)CC)ccc1=O. The van der Waals surface area contributed by atoms with E-state index in [1.165, 1.54) is 6.07 Å². The predicted octanol–water partition coefficient (Wildman–Crippen LogP) is 2.37. The van der Waals surface area contributed by atoms with Gasteiger partial charge in [-0.25, -0.2) is 0 Å². The molecule has 1 N–H and O–H groups in total. The van der Waals surface area contributed by atoms with Crippen molar-refractivity contribution in [3.05, 3.63) is 28.7 Å². The van der Waals surface area contributed by atoms with Gasteiger partial charge in [0.1, 0.15) is 0 Å². The molecule has 0 aliphatic heterocycles. The van der Waals surface area contributed by atoms with Gasteiger partial charge in [0.05, 0.1) is 10.5 Å². The van der Waals surface area contributed by atoms with Gasteiger partial charge in [0.2, 0.25) is 5.91 Å². The molecule has 0 spiro atoms. The molecule has 0 aliphatic carbocycles. The van der Waals surface area contributed by atoms with E-state index in [2.05, 4.69) is 21.2 Å². The van der Waals surface area contributed by atoms with Crippen LogP contribution in [0.1, 0.15) is 26.7 Å². The Hall–Kier alpha value is -1.10. The lowest BCUT2D eigenvalue weighted by Gasteiger charge is -2.10. The lowest BCUT2D eigenvalue weighted by Crippen LogP contribution is -2.24. The summed E-state index contributed by atoms with van der Waals surface area (Å²) in [7, 11) is 0. The minimum atomic E-state index is -0.200. The molecule has 0 radical (unpaired) electrons. The van der Waals surface area contributed by atoms with E-state index in [9.17, 15) is 9.59 Å². The average molecular weight is 301 g/mol. The standard InChI is InChI=1S/C12H17BrN2O2/c1-3-7-15-8-9(5-6-11(15)16)14-12(17)10(13)4-2/h5-6,8,10H,3-4,7H2,1-2H3,(H,14,17). The molecule has 94 valence electrons. The quantitative estimate of drug-likeness (QED) is 0.849. The first-order valence-corrected chi connectivity index (χ1v) is 6.65. The highest BCUT2D eigenvalue weighted by atomic mass is 79.9. The second kappa shape index (κ2) is 6.59. The molecule has 1 heterocycles. The minimum Gasteiger partial charge on any atom is -0.324 e. The second-order valence-corrected chi connectivity index (χ2v) is 4.92. The zero-order valence-corrected chi connectivity index (χ0v) is 11.7. The van der Waals surface area contributed by atoms with Gasteiger partial charge in [-0.15, -0.1) is 0 Å². The number of nitrogens with zero attached hydrogens (tertiary/aromatic N) is 1. The normalized spacial score (nSPS) is 12.2. The molecule has 1 atom stereocenters. The molecule has 5 heteroatoms. The number of alkyl halides is 1. The Balaban J connectivity index is 2.82. The number of pyridine rings is 1. The number of hydrogen-bond acceptors (Lipinski definition) is 2. The van der Waals surface area contributed by atoms with Gasteiger partial charge in [-0.2, -0.15) is 0 Å². The van der Waals surface area contributed by atoms with Crippen LogP contribution in [-0.2, 0) is 11.3 Å². The first kappa shape index (κ1) is 14.0. The number of rotatable bonds is 5. The van der Waals surface area contributed by atoms with Crippen molar-refractivity contribution in [3.63, 3.8) is 0 Å². The van der Waals surface area contributed by atoms with Crippen molar-refractivity contribution in [1.82, 2.24) is 4.57 Å². The van der Waals surface area contributed by atoms with Gasteiger partial charge >= 0.3 is 0 Å². The number of carbonyl (C=O) groups excluding carboxylic acids is 1. The Labute approximate surface area is 109 Å². The van der Waals surface area contributed by atoms with Crippen LogP contribution >= 0.6 is 15.9 Å². The van der Waals surface area contributed by atoms with Crippen molar-refractivity contribution in [1.29, 1.82) is 0 Å². The largest absolute Gasteiger partial charge is 0.324 e. The summed E-state index contributed by atoms with van der Waals surface area (Å²) in [5.74, 6) is -0.0887. The van der Waals surface area contributed by atoms with Gasteiger partial charge < -0.3 is 9.88 Å². The van der Waals surface area contributed by atoms with E-state index >= 15 is 0 Å². The number of amides is 1. The van der Waals surface area contributed by atoms with Crippen LogP contribution in [0.4, 0.5) is 5.69 Å². The molecular formula is C12H17BrN2O2. The molecule has 1 rings (SSSR count). The highest BCUT2D eigenvalue weighted by molar-refractivity contribution is 9.10. The van der Waals surface area contributed by atoms with E-state index in [0.29, 0.717) is 12.2 Å². The summed E-state index contributed by atoms with van der Waals surface area (Å²) in [4.78, 5) is 22.9. The van der Waals surface area contributed by atoms with Gasteiger partial charge in [-0.1, -0.05) is 29.8 Å². The zero-order chi connectivity index (χ0) is 12.8. The Morgan fingerprint density at radius 2 is 2.18 bits per heavy atom. The molecule has 0 aromatic carbocycles. The number of carbonyl (C=O) groups is 1. The summed E-state index contributed by atoms with van der Waals surface area (Å²) in [6.07, 6.45) is 3.28. The summed E-state index contributed by atoms with van der Waals surface area (Å²) in [6.45, 7) is 4.59. The molecule has 1 unspecified atom stereocenters. The maximum atomic E-state index is 11.7. The number of aryl methyl sites for hydroxylation is 1. The first-order chi connectivity index (χ1) is 8.08. The topological polar surface area (TPSA) is 51.1 Å². The third kappa shape index (κ3) is 4.00. The van der Waals surface area contributed by atoms with Crippen LogP contribution in [0.3, 0.4) is 0 Å². The third-order valence-electron chi connectivity index (χ3n) is 2.36. The second-order valence-electron chi connectivity index (χ2n) is 3.81. The van der Waals surface area contributed by atoms with E-state index in [1.54, 1.807) is 16.8 Å². The molecule has 1 aromatic heterocycles. The van der Waals surface area contributed by atoms with Crippen molar-refractivity contribution in [2.24, 2.45) is 0 Å². The average Bonchev–Trinajstić information content (AvgIpc) is 2.32. The van der Waals surface area contributed by atoms with Crippen LogP contribution in [0.2, 0.25) is 0 Å². The molecule has 0 saturated heterocycles. The number of anilines is 1. The van der Waals surface area contributed by atoms with Crippen molar-refractivity contribution in [2.75, 3.05) is 5.32 Å². The van der Waals surface area contributed by atoms with Crippen molar-refractivity contribution in [3.8, 4) is 0 Å². The predicted molar refractivity (Wildman–Crippen MR) is 72.6 cm³/mol. The van der Waals surface area contributed by atoms with Crippen molar-refractivity contribution in [2.45, 2.75) is 38.1 Å². The fraction of sp³-hybridized carbons (Fsp3) is 0.500. The Morgan fingerprint density at radius 1 is 1.47 bits per heavy atom. The van der Waals surface area contributed by atoms with Gasteiger partial charge in [0, 0.05) is 18.8 Å². The highest BCUT2D eigenvalue weighted by Crippen LogP contribution is 2.10. The molecule has 1 aromatic rings. The summed E-state index contributed by atoms with van der Waals surface area (Å²) in [6, 6.07) is 3.10. The molecule has 4 nitrogen and oxygen atoms in total. The lowest BCUT2D eigenvalue weighted by atomic mass is 10.3. The number of aromatic nitrogens is 1. The van der Waals surface area contributed by atoms with Crippen molar-refractivity contribution < 1.29 is 4.79 Å². The Morgan fingerprint density at radius 3 is 2.76 bits per heavy atom. The number of nitrogens with one attached hydrogen (secondary N) is 1. The molecule has 0 aliphatic rings. The summed E-state index contributed by atoms with van der Waals surface area (Å²) < 4.78 is 1.60. The molecule has 17 heavy (non-hydrogen) atoms. The molecule has 0 saturated carbocycles. The van der Waals surface area contributed by atoms with Crippen molar-refractivity contribution >= 4 is 27.5 Å². The van der Waals surface area contributed by atoms with Gasteiger partial charge in [-0.05, 0) is 18.9 Å². The number of hydrogen-bond donors (Lipinski definition) is 1. The van der Waals surface area contributed by atoms with E-state index in [4.69, 9.17) is 0 Å². The van der Waals surface area contributed by atoms with E-state index in [-0.39, 0.29) is 16.3 Å². The van der Waals surface area contributed by atoms with E-state index in [1.807, 2.05) is 13.8 Å². The van der Waals surface area contributed by atoms with E-state index in [0.717, 1.165) is 12.8 Å². The van der Waals surface area contributed by atoms with Crippen LogP contribution in [0.25, 0.3) is 0 Å². The molecular weight excluding hydrogens is 284 g/mol.